The van der Waals surface area contributed by atoms with Gasteiger partial charge < -0.3 is 0 Å². The summed E-state index contributed by atoms with van der Waals surface area (Å²) in [6.45, 7) is 0. The predicted octanol–water partition coefficient (Wildman–Crippen LogP) is 4.56. The Morgan fingerprint density at radius 2 is 1.95 bits per heavy atom. The number of benzene rings is 2. The third-order valence-corrected chi connectivity index (χ3v) is 3.80. The van der Waals surface area contributed by atoms with E-state index in [1.807, 2.05) is 30.3 Å². The van der Waals surface area contributed by atoms with Crippen LogP contribution in [0.4, 0.5) is 4.39 Å². The fourth-order valence-corrected chi connectivity index (χ4v) is 2.60. The normalized spacial score (nSPS) is 10.8. The van der Waals surface area contributed by atoms with E-state index in [2.05, 4.69) is 20.9 Å². The first kappa shape index (κ1) is 13.9. The highest BCUT2D eigenvalue weighted by Crippen LogP contribution is 2.20. The predicted molar refractivity (Wildman–Crippen MR) is 83.9 cm³/mol. The smallest absolute Gasteiger partial charge is 0.186 e. The molecule has 0 aliphatic carbocycles. The Labute approximate surface area is 129 Å². The highest BCUT2D eigenvalue weighted by molar-refractivity contribution is 9.10. The number of hydrogen-bond donors (Lipinski definition) is 0. The molecule has 1 aromatic heterocycles. The minimum atomic E-state index is -0.391. The molecule has 0 fully saturated rings. The second kappa shape index (κ2) is 5.74. The molecule has 21 heavy (non-hydrogen) atoms. The van der Waals surface area contributed by atoms with Gasteiger partial charge in [-0.2, -0.15) is 0 Å². The van der Waals surface area contributed by atoms with E-state index in [1.54, 1.807) is 18.3 Å². The molecular weight excluding hydrogens is 333 g/mol. The van der Waals surface area contributed by atoms with Gasteiger partial charge in [0.05, 0.1) is 0 Å². The lowest BCUT2D eigenvalue weighted by Gasteiger charge is -2.06. The number of Topliss-reactive ketones (excluding diaryl/α,β-unsaturated/α-hetero) is 1. The summed E-state index contributed by atoms with van der Waals surface area (Å²) in [5.41, 5.74) is 0.758. The Kier molecular flexibility index (Phi) is 3.80. The third-order valence-electron chi connectivity index (χ3n) is 3.30. The van der Waals surface area contributed by atoms with Crippen molar-refractivity contribution in [3.63, 3.8) is 0 Å². The van der Waals surface area contributed by atoms with Crippen LogP contribution in [0.25, 0.3) is 10.8 Å². The quantitative estimate of drug-likeness (QED) is 0.652. The van der Waals surface area contributed by atoms with Crippen molar-refractivity contribution in [3.8, 4) is 0 Å². The van der Waals surface area contributed by atoms with Crippen molar-refractivity contribution in [2.24, 2.45) is 0 Å². The molecule has 3 rings (SSSR count). The first-order valence-corrected chi connectivity index (χ1v) is 7.25. The zero-order valence-corrected chi connectivity index (χ0v) is 12.6. The average molecular weight is 344 g/mol. The van der Waals surface area contributed by atoms with Crippen molar-refractivity contribution in [3.05, 3.63) is 76.3 Å². The Morgan fingerprint density at radius 3 is 2.76 bits per heavy atom. The summed E-state index contributed by atoms with van der Waals surface area (Å²) in [7, 11) is 0. The summed E-state index contributed by atoms with van der Waals surface area (Å²) < 4.78 is 14.5. The fraction of sp³-hybridized carbons (Fsp3) is 0.0588. The summed E-state index contributed by atoms with van der Waals surface area (Å²) in [5.74, 6) is -0.578. The molecule has 0 spiro atoms. The van der Waals surface area contributed by atoms with Crippen molar-refractivity contribution in [2.45, 2.75) is 6.42 Å². The number of ketones is 1. The summed E-state index contributed by atoms with van der Waals surface area (Å²) in [6.07, 6.45) is 1.60. The molecule has 0 bridgehead atoms. The van der Waals surface area contributed by atoms with Crippen molar-refractivity contribution in [1.82, 2.24) is 4.98 Å². The SMILES string of the molecule is O=C(Cc1ccc(Br)cc1F)c1nccc2ccccc12. The number of halogens is 2. The first-order chi connectivity index (χ1) is 10.1. The van der Waals surface area contributed by atoms with Crippen LogP contribution >= 0.6 is 15.9 Å². The molecule has 0 saturated carbocycles. The number of pyridine rings is 1. The molecule has 0 N–H and O–H groups in total. The molecule has 2 aromatic carbocycles. The van der Waals surface area contributed by atoms with E-state index in [0.717, 1.165) is 10.8 Å². The van der Waals surface area contributed by atoms with Crippen LogP contribution in [-0.4, -0.2) is 10.8 Å². The highest BCUT2D eigenvalue weighted by Gasteiger charge is 2.14. The molecule has 0 saturated heterocycles. The van der Waals surface area contributed by atoms with Crippen molar-refractivity contribution >= 4 is 32.5 Å². The van der Waals surface area contributed by atoms with Gasteiger partial charge in [0, 0.05) is 22.5 Å². The van der Waals surface area contributed by atoms with Gasteiger partial charge in [-0.05, 0) is 29.1 Å². The number of nitrogens with zero attached hydrogens (tertiary/aromatic N) is 1. The monoisotopic (exact) mass is 343 g/mol. The van der Waals surface area contributed by atoms with E-state index in [9.17, 15) is 9.18 Å². The van der Waals surface area contributed by atoms with Crippen LogP contribution in [0.2, 0.25) is 0 Å². The Balaban J connectivity index is 1.97. The maximum atomic E-state index is 13.8. The number of hydrogen-bond acceptors (Lipinski definition) is 2. The van der Waals surface area contributed by atoms with Crippen LogP contribution in [0.1, 0.15) is 16.1 Å². The minimum absolute atomic E-state index is 0.000120. The molecule has 0 atom stereocenters. The Bertz CT molecular complexity index is 827. The molecule has 0 aliphatic rings. The van der Waals surface area contributed by atoms with Gasteiger partial charge in [0.2, 0.25) is 0 Å². The summed E-state index contributed by atoms with van der Waals surface area (Å²) in [4.78, 5) is 16.6. The van der Waals surface area contributed by atoms with E-state index in [1.165, 1.54) is 6.07 Å². The van der Waals surface area contributed by atoms with Crippen LogP contribution in [0, 0.1) is 5.82 Å². The number of carbonyl (C=O) groups excluding carboxylic acids is 1. The topological polar surface area (TPSA) is 30.0 Å². The lowest BCUT2D eigenvalue weighted by molar-refractivity contribution is 0.0989. The lowest BCUT2D eigenvalue weighted by atomic mass is 10.0. The summed E-state index contributed by atoms with van der Waals surface area (Å²) in [5, 5.41) is 1.75. The van der Waals surface area contributed by atoms with Gasteiger partial charge in [0.25, 0.3) is 0 Å². The Morgan fingerprint density at radius 1 is 1.14 bits per heavy atom. The van der Waals surface area contributed by atoms with E-state index in [0.29, 0.717) is 15.7 Å². The summed E-state index contributed by atoms with van der Waals surface area (Å²) in [6, 6.07) is 14.1. The number of rotatable bonds is 3. The minimum Gasteiger partial charge on any atom is -0.292 e. The van der Waals surface area contributed by atoms with Crippen LogP contribution < -0.4 is 0 Å². The van der Waals surface area contributed by atoms with Gasteiger partial charge in [-0.15, -0.1) is 0 Å². The van der Waals surface area contributed by atoms with Gasteiger partial charge in [-0.25, -0.2) is 4.39 Å². The van der Waals surface area contributed by atoms with Gasteiger partial charge in [-0.3, -0.25) is 9.78 Å². The lowest BCUT2D eigenvalue weighted by Crippen LogP contribution is -2.08. The fourth-order valence-electron chi connectivity index (χ4n) is 2.26. The molecule has 104 valence electrons. The second-order valence-electron chi connectivity index (χ2n) is 4.72. The largest absolute Gasteiger partial charge is 0.292 e. The second-order valence-corrected chi connectivity index (χ2v) is 5.63. The van der Waals surface area contributed by atoms with Crippen LogP contribution in [-0.2, 0) is 6.42 Å². The molecule has 0 aliphatic heterocycles. The maximum absolute atomic E-state index is 13.8. The average Bonchev–Trinajstić information content (AvgIpc) is 2.49. The number of carbonyl (C=O) groups is 1. The molecule has 0 radical (unpaired) electrons. The van der Waals surface area contributed by atoms with E-state index in [4.69, 9.17) is 0 Å². The van der Waals surface area contributed by atoms with Crippen LogP contribution in [0.3, 0.4) is 0 Å². The van der Waals surface area contributed by atoms with Crippen LogP contribution in [0.15, 0.2) is 59.2 Å². The van der Waals surface area contributed by atoms with E-state index in [-0.39, 0.29) is 12.2 Å². The van der Waals surface area contributed by atoms with E-state index >= 15 is 0 Å². The molecular formula is C17H11BrFNO. The summed E-state index contributed by atoms with van der Waals surface area (Å²) >= 11 is 3.20. The third kappa shape index (κ3) is 2.85. The van der Waals surface area contributed by atoms with Gasteiger partial charge in [0.1, 0.15) is 11.5 Å². The van der Waals surface area contributed by atoms with Gasteiger partial charge in [0.15, 0.2) is 5.78 Å². The zero-order valence-electron chi connectivity index (χ0n) is 11.0. The number of aromatic nitrogens is 1. The van der Waals surface area contributed by atoms with Crippen molar-refractivity contribution in [1.29, 1.82) is 0 Å². The standard InChI is InChI=1S/C17H11BrFNO/c18-13-6-5-12(15(19)10-13)9-16(21)17-14-4-2-1-3-11(14)7-8-20-17/h1-8,10H,9H2. The van der Waals surface area contributed by atoms with Gasteiger partial charge >= 0.3 is 0 Å². The Hall–Kier alpha value is -2.07. The van der Waals surface area contributed by atoms with Gasteiger partial charge in [-0.1, -0.05) is 46.3 Å². The molecule has 3 aromatic rings. The molecule has 2 nitrogen and oxygen atoms in total. The molecule has 1 heterocycles. The molecule has 4 heteroatoms. The highest BCUT2D eigenvalue weighted by atomic mass is 79.9. The van der Waals surface area contributed by atoms with Crippen LogP contribution in [0.5, 0.6) is 0 Å². The zero-order chi connectivity index (χ0) is 14.8. The number of fused-ring (bicyclic) bond motifs is 1. The van der Waals surface area contributed by atoms with Crippen molar-refractivity contribution < 1.29 is 9.18 Å². The maximum Gasteiger partial charge on any atom is 0.186 e. The van der Waals surface area contributed by atoms with Crippen molar-refractivity contribution in [2.75, 3.05) is 0 Å². The molecule has 0 unspecified atom stereocenters. The first-order valence-electron chi connectivity index (χ1n) is 6.46. The molecule has 0 amide bonds. The van der Waals surface area contributed by atoms with E-state index < -0.39 is 5.82 Å².